The van der Waals surface area contributed by atoms with Crippen molar-refractivity contribution >= 4 is 38.8 Å². The lowest BCUT2D eigenvalue weighted by Gasteiger charge is -2.29. The first-order chi connectivity index (χ1) is 18.9. The highest BCUT2D eigenvalue weighted by Gasteiger charge is 2.76. The molecule has 2 fully saturated rings. The van der Waals surface area contributed by atoms with Gasteiger partial charge in [0.1, 0.15) is 22.4 Å². The summed E-state index contributed by atoms with van der Waals surface area (Å²) in [4.78, 5) is 27.1. The molecule has 0 radical (unpaired) electrons. The number of hydrogen-bond acceptors (Lipinski definition) is 8. The maximum atomic E-state index is 13.5. The Balaban J connectivity index is 1.35. The van der Waals surface area contributed by atoms with Crippen LogP contribution in [0.5, 0.6) is 0 Å². The number of amides is 1. The van der Waals surface area contributed by atoms with E-state index < -0.39 is 49.6 Å². The molecule has 1 aromatic heterocycles. The summed E-state index contributed by atoms with van der Waals surface area (Å²) < 4.78 is 76.7. The Morgan fingerprint density at radius 1 is 1.20 bits per heavy atom. The SMILES string of the molecule is O=C(OCC1(c2ccccc2)CC1(NS(=O)(=O)C1CC=C(c2cc(C(F)(F)F)on2)S1)C(=O)O)N1CCCCC1. The Labute approximate surface area is 232 Å². The summed E-state index contributed by atoms with van der Waals surface area (Å²) in [5.74, 6) is -2.75. The predicted molar refractivity (Wildman–Crippen MR) is 137 cm³/mol. The van der Waals surface area contributed by atoms with E-state index in [1.807, 2.05) is 0 Å². The molecule has 15 heteroatoms. The number of ether oxygens (including phenoxy) is 1. The highest BCUT2D eigenvalue weighted by atomic mass is 32.3. The Bertz CT molecular complexity index is 1420. The number of carbonyl (C=O) groups is 2. The van der Waals surface area contributed by atoms with Crippen molar-refractivity contribution in [3.05, 3.63) is 59.5 Å². The van der Waals surface area contributed by atoms with Gasteiger partial charge in [-0.25, -0.2) is 13.2 Å². The van der Waals surface area contributed by atoms with Gasteiger partial charge in [-0.05, 0) is 37.7 Å². The van der Waals surface area contributed by atoms with Crippen molar-refractivity contribution in [2.75, 3.05) is 19.7 Å². The van der Waals surface area contributed by atoms with Gasteiger partial charge < -0.3 is 19.3 Å². The van der Waals surface area contributed by atoms with Crippen LogP contribution in [0.2, 0.25) is 0 Å². The van der Waals surface area contributed by atoms with Crippen molar-refractivity contribution in [1.82, 2.24) is 14.8 Å². The van der Waals surface area contributed by atoms with Crippen LogP contribution in [0.25, 0.3) is 4.91 Å². The van der Waals surface area contributed by atoms with E-state index >= 15 is 0 Å². The molecule has 1 aliphatic carbocycles. The number of nitrogens with one attached hydrogen (secondary N) is 1. The lowest BCUT2D eigenvalue weighted by atomic mass is 9.91. The summed E-state index contributed by atoms with van der Waals surface area (Å²) in [6.45, 7) is 0.692. The van der Waals surface area contributed by atoms with Crippen LogP contribution in [-0.2, 0) is 31.1 Å². The van der Waals surface area contributed by atoms with Gasteiger partial charge in [-0.2, -0.15) is 17.9 Å². The van der Waals surface area contributed by atoms with Crippen molar-refractivity contribution in [2.45, 2.75) is 53.8 Å². The zero-order chi connectivity index (χ0) is 28.8. The van der Waals surface area contributed by atoms with Gasteiger partial charge in [0.05, 0.1) is 5.41 Å². The molecule has 40 heavy (non-hydrogen) atoms. The molecule has 1 saturated heterocycles. The molecule has 1 saturated carbocycles. The molecule has 3 aliphatic rings. The number of piperidine rings is 1. The predicted octanol–water partition coefficient (Wildman–Crippen LogP) is 4.20. The van der Waals surface area contributed by atoms with Crippen LogP contribution in [0.4, 0.5) is 18.0 Å². The lowest BCUT2D eigenvalue weighted by molar-refractivity contribution is -0.155. The molecule has 2 aromatic rings. The van der Waals surface area contributed by atoms with E-state index in [4.69, 9.17) is 4.74 Å². The molecule has 3 unspecified atom stereocenters. The molecule has 1 aromatic carbocycles. The third-order valence-electron chi connectivity index (χ3n) is 7.47. The molecule has 2 aliphatic heterocycles. The average Bonchev–Trinajstić information content (AvgIpc) is 3.30. The van der Waals surface area contributed by atoms with Gasteiger partial charge in [0.25, 0.3) is 0 Å². The molecule has 10 nitrogen and oxygen atoms in total. The molecular weight excluding hydrogens is 575 g/mol. The summed E-state index contributed by atoms with van der Waals surface area (Å²) in [5.41, 5.74) is -3.05. The van der Waals surface area contributed by atoms with Gasteiger partial charge in [0, 0.05) is 24.1 Å². The van der Waals surface area contributed by atoms with Crippen LogP contribution < -0.4 is 4.72 Å². The number of sulfonamides is 1. The van der Waals surface area contributed by atoms with E-state index in [9.17, 15) is 36.3 Å². The van der Waals surface area contributed by atoms with Crippen molar-refractivity contribution in [3.8, 4) is 0 Å². The number of thioether (sulfide) groups is 1. The summed E-state index contributed by atoms with van der Waals surface area (Å²) in [6.07, 6.45) is -1.52. The molecule has 0 bridgehead atoms. The number of carboxylic acids is 1. The first-order valence-electron chi connectivity index (χ1n) is 12.5. The molecule has 0 spiro atoms. The Kier molecular flexibility index (Phi) is 7.42. The minimum Gasteiger partial charge on any atom is -0.480 e. The van der Waals surface area contributed by atoms with E-state index in [-0.39, 0.29) is 30.0 Å². The number of hydrogen-bond donors (Lipinski definition) is 2. The van der Waals surface area contributed by atoms with Crippen molar-refractivity contribution in [2.24, 2.45) is 0 Å². The molecular formula is C25H26F3N3O7S2. The third kappa shape index (κ3) is 5.21. The maximum absolute atomic E-state index is 13.5. The standard InChI is InChI=1S/C25H26F3N3O7S2/c26-25(27,28)19-13-17(29-38-19)18-9-10-20(39-18)40(35,36)30-24(21(32)33)14-23(24,16-7-3-1-4-8-16)15-37-22(34)31-11-5-2-6-12-31/h1,3-4,7-9,13,20,30H,2,5-6,10-12,14-15H2,(H,32,33). The molecule has 216 valence electrons. The molecule has 5 rings (SSSR count). The lowest BCUT2D eigenvalue weighted by Crippen LogP contribution is -2.52. The van der Waals surface area contributed by atoms with E-state index in [0.717, 1.165) is 31.0 Å². The monoisotopic (exact) mass is 601 g/mol. The Hall–Kier alpha value is -3.04. The van der Waals surface area contributed by atoms with Crippen LogP contribution in [0.1, 0.15) is 49.1 Å². The summed E-state index contributed by atoms with van der Waals surface area (Å²) in [6, 6.07) is 9.07. The summed E-state index contributed by atoms with van der Waals surface area (Å²) in [5, 5.41) is 13.7. The average molecular weight is 602 g/mol. The van der Waals surface area contributed by atoms with Crippen LogP contribution >= 0.6 is 11.8 Å². The highest BCUT2D eigenvalue weighted by molar-refractivity contribution is 8.18. The number of carbonyl (C=O) groups excluding carboxylic acids is 1. The topological polar surface area (TPSA) is 139 Å². The Morgan fingerprint density at radius 2 is 1.90 bits per heavy atom. The number of aliphatic carboxylic acids is 1. The van der Waals surface area contributed by atoms with Gasteiger partial charge >= 0.3 is 18.2 Å². The van der Waals surface area contributed by atoms with Gasteiger partial charge in [-0.3, -0.25) is 4.79 Å². The van der Waals surface area contributed by atoms with Crippen LogP contribution in [0, 0.1) is 0 Å². The van der Waals surface area contributed by atoms with Crippen molar-refractivity contribution in [3.63, 3.8) is 0 Å². The fourth-order valence-electron chi connectivity index (χ4n) is 5.21. The summed E-state index contributed by atoms with van der Waals surface area (Å²) in [7, 11) is -4.35. The van der Waals surface area contributed by atoms with Crippen molar-refractivity contribution < 1.29 is 45.5 Å². The van der Waals surface area contributed by atoms with E-state index in [1.165, 1.54) is 6.08 Å². The second kappa shape index (κ2) is 10.4. The van der Waals surface area contributed by atoms with Crippen molar-refractivity contribution in [1.29, 1.82) is 0 Å². The molecule has 1 amide bonds. The van der Waals surface area contributed by atoms with Crippen LogP contribution in [0.15, 0.2) is 47.0 Å². The minimum absolute atomic E-state index is 0.0957. The first kappa shape index (κ1) is 28.5. The number of aromatic nitrogens is 1. The zero-order valence-electron chi connectivity index (χ0n) is 21.0. The van der Waals surface area contributed by atoms with Gasteiger partial charge in [0.15, 0.2) is 0 Å². The van der Waals surface area contributed by atoms with E-state index in [2.05, 4.69) is 14.4 Å². The number of benzene rings is 1. The number of rotatable bonds is 8. The highest BCUT2D eigenvalue weighted by Crippen LogP contribution is 2.59. The first-order valence-corrected chi connectivity index (χ1v) is 15.0. The number of nitrogens with zero attached hydrogens (tertiary/aromatic N) is 2. The summed E-state index contributed by atoms with van der Waals surface area (Å²) >= 11 is 0.744. The van der Waals surface area contributed by atoms with Gasteiger partial charge in [0.2, 0.25) is 15.8 Å². The molecule has 3 heterocycles. The van der Waals surface area contributed by atoms with E-state index in [0.29, 0.717) is 24.7 Å². The van der Waals surface area contributed by atoms with Gasteiger partial charge in [-0.1, -0.05) is 41.6 Å². The van der Waals surface area contributed by atoms with E-state index in [1.54, 1.807) is 35.2 Å². The second-order valence-corrected chi connectivity index (χ2v) is 13.4. The fourth-order valence-corrected chi connectivity index (χ4v) is 8.38. The molecule has 3 atom stereocenters. The number of likely N-dealkylation sites (tertiary alicyclic amines) is 1. The number of halogens is 3. The largest absolute Gasteiger partial charge is 0.480 e. The quantitative estimate of drug-likeness (QED) is 0.456. The number of allylic oxidation sites excluding steroid dienone is 1. The third-order valence-corrected chi connectivity index (χ3v) is 11.1. The normalized spacial score (nSPS) is 26.8. The minimum atomic E-state index is -4.75. The zero-order valence-corrected chi connectivity index (χ0v) is 22.7. The smallest absolute Gasteiger partial charge is 0.452 e. The fraction of sp³-hybridized carbons (Fsp3) is 0.480. The van der Waals surface area contributed by atoms with Crippen LogP contribution in [-0.4, -0.2) is 65.5 Å². The maximum Gasteiger partial charge on any atom is 0.452 e. The van der Waals surface area contributed by atoms with Gasteiger partial charge in [-0.15, -0.1) is 11.8 Å². The van der Waals surface area contributed by atoms with Crippen LogP contribution in [0.3, 0.4) is 0 Å². The number of alkyl halides is 3. The number of carboxylic acid groups (broad SMARTS) is 1. The Morgan fingerprint density at radius 3 is 2.52 bits per heavy atom. The second-order valence-electron chi connectivity index (χ2n) is 10.0. The molecule has 2 N–H and O–H groups in total.